The van der Waals surface area contributed by atoms with Gasteiger partial charge in [-0.25, -0.2) is 0 Å². The normalized spacial score (nSPS) is 22.6. The summed E-state index contributed by atoms with van der Waals surface area (Å²) in [5.74, 6) is 1.45. The second kappa shape index (κ2) is 8.45. The Bertz CT molecular complexity index is 803. The third-order valence-corrected chi connectivity index (χ3v) is 5.85. The minimum atomic E-state index is -0.110. The summed E-state index contributed by atoms with van der Waals surface area (Å²) in [6.45, 7) is 10.2. The van der Waals surface area contributed by atoms with E-state index in [2.05, 4.69) is 63.8 Å². The van der Waals surface area contributed by atoms with Crippen molar-refractivity contribution in [2.24, 2.45) is 11.8 Å². The van der Waals surface area contributed by atoms with E-state index in [1.807, 2.05) is 0 Å². The maximum absolute atomic E-state index is 12.5. The number of benzene rings is 1. The quantitative estimate of drug-likeness (QED) is 0.744. The second-order valence-corrected chi connectivity index (χ2v) is 8.60. The first-order chi connectivity index (χ1) is 13.6. The molecule has 0 radical (unpaired) electrons. The molecule has 150 valence electrons. The van der Waals surface area contributed by atoms with E-state index >= 15 is 0 Å². The van der Waals surface area contributed by atoms with E-state index in [0.717, 1.165) is 48.2 Å². The molecular weight excluding hydrogens is 350 g/mol. The summed E-state index contributed by atoms with van der Waals surface area (Å²) in [7, 11) is 0. The van der Waals surface area contributed by atoms with Gasteiger partial charge in [0, 0.05) is 56.9 Å². The summed E-state index contributed by atoms with van der Waals surface area (Å²) in [4.78, 5) is 15.1. The van der Waals surface area contributed by atoms with Gasteiger partial charge in [0.15, 0.2) is 5.69 Å². The monoisotopic (exact) mass is 381 g/mol. The molecule has 6 heteroatoms. The molecule has 3 N–H and O–H groups in total. The lowest BCUT2D eigenvalue weighted by Gasteiger charge is -2.35. The van der Waals surface area contributed by atoms with Gasteiger partial charge in [-0.1, -0.05) is 38.1 Å². The molecular formula is C22H31N5O. The Morgan fingerprint density at radius 3 is 2.64 bits per heavy atom. The maximum atomic E-state index is 12.5. The van der Waals surface area contributed by atoms with Gasteiger partial charge in [0.2, 0.25) is 0 Å². The van der Waals surface area contributed by atoms with Gasteiger partial charge >= 0.3 is 0 Å². The van der Waals surface area contributed by atoms with Crippen LogP contribution in [-0.4, -0.2) is 40.6 Å². The number of piperidine rings is 1. The van der Waals surface area contributed by atoms with E-state index in [-0.39, 0.29) is 5.91 Å². The maximum Gasteiger partial charge on any atom is 0.272 e. The average molecular weight is 382 g/mol. The fraction of sp³-hybridized carbons (Fsp3) is 0.545. The number of aromatic amines is 1. The van der Waals surface area contributed by atoms with E-state index in [1.165, 1.54) is 25.1 Å². The molecule has 6 nitrogen and oxygen atoms in total. The van der Waals surface area contributed by atoms with Crippen molar-refractivity contribution in [1.82, 2.24) is 25.7 Å². The van der Waals surface area contributed by atoms with Gasteiger partial charge in [-0.05, 0) is 29.4 Å². The zero-order chi connectivity index (χ0) is 19.5. The Morgan fingerprint density at radius 2 is 1.89 bits per heavy atom. The molecule has 1 saturated heterocycles. The van der Waals surface area contributed by atoms with Crippen LogP contribution in [0.4, 0.5) is 0 Å². The van der Waals surface area contributed by atoms with Crippen LogP contribution in [0, 0.1) is 11.8 Å². The Morgan fingerprint density at radius 1 is 1.18 bits per heavy atom. The number of carbonyl (C=O) groups excluding carboxylic acids is 1. The lowest BCUT2D eigenvalue weighted by Crippen LogP contribution is -2.38. The number of nitrogens with zero attached hydrogens (tertiary/aromatic N) is 2. The van der Waals surface area contributed by atoms with Crippen molar-refractivity contribution in [1.29, 1.82) is 0 Å². The standard InChI is InChI=1S/C22H31N5O/c1-15-9-16(2)13-27(12-15)14-18-5-3-17(4-6-18)10-24-22(28)21-19-11-23-8-7-20(19)25-26-21/h3-6,15-16,23H,7-14H2,1-2H3,(H,24,28)(H,25,26). The molecule has 0 saturated carbocycles. The summed E-state index contributed by atoms with van der Waals surface area (Å²) >= 11 is 0. The number of nitrogens with one attached hydrogen (secondary N) is 3. The number of H-pyrrole nitrogens is 1. The van der Waals surface area contributed by atoms with Gasteiger partial charge in [0.05, 0.1) is 0 Å². The van der Waals surface area contributed by atoms with Crippen molar-refractivity contribution >= 4 is 5.91 Å². The van der Waals surface area contributed by atoms with Crippen molar-refractivity contribution in [2.45, 2.75) is 46.3 Å². The molecule has 4 rings (SSSR count). The molecule has 2 aliphatic rings. The van der Waals surface area contributed by atoms with Crippen LogP contribution in [0.25, 0.3) is 0 Å². The molecule has 0 spiro atoms. The van der Waals surface area contributed by atoms with Crippen molar-refractivity contribution < 1.29 is 4.79 Å². The fourth-order valence-corrected chi connectivity index (χ4v) is 4.62. The zero-order valence-electron chi connectivity index (χ0n) is 16.9. The van der Waals surface area contributed by atoms with Crippen LogP contribution in [0.2, 0.25) is 0 Å². The third kappa shape index (κ3) is 4.45. The SMILES string of the molecule is CC1CC(C)CN(Cc2ccc(CNC(=O)c3n[nH]c4c3CNCC4)cc2)C1. The largest absolute Gasteiger partial charge is 0.347 e. The molecule has 3 heterocycles. The predicted octanol–water partition coefficient (Wildman–Crippen LogP) is 2.46. The number of aromatic nitrogens is 2. The Labute approximate surface area is 167 Å². The van der Waals surface area contributed by atoms with Gasteiger partial charge < -0.3 is 10.6 Å². The number of fused-ring (bicyclic) bond motifs is 1. The second-order valence-electron chi connectivity index (χ2n) is 8.60. The Kier molecular flexibility index (Phi) is 5.78. The number of hydrogen-bond acceptors (Lipinski definition) is 4. The van der Waals surface area contributed by atoms with Crippen LogP contribution in [0.15, 0.2) is 24.3 Å². The van der Waals surface area contributed by atoms with Gasteiger partial charge in [0.1, 0.15) is 0 Å². The number of amides is 1. The molecule has 0 bridgehead atoms. The smallest absolute Gasteiger partial charge is 0.272 e. The number of rotatable bonds is 5. The van der Waals surface area contributed by atoms with Crippen LogP contribution in [0.1, 0.15) is 53.1 Å². The van der Waals surface area contributed by atoms with Gasteiger partial charge in [-0.15, -0.1) is 0 Å². The van der Waals surface area contributed by atoms with Gasteiger partial charge in [0.25, 0.3) is 5.91 Å². The van der Waals surface area contributed by atoms with E-state index < -0.39 is 0 Å². The highest BCUT2D eigenvalue weighted by molar-refractivity contribution is 5.94. The van der Waals surface area contributed by atoms with Crippen molar-refractivity contribution in [3.8, 4) is 0 Å². The third-order valence-electron chi connectivity index (χ3n) is 5.85. The average Bonchev–Trinajstić information content (AvgIpc) is 3.11. The molecule has 2 atom stereocenters. The van der Waals surface area contributed by atoms with Crippen LogP contribution >= 0.6 is 0 Å². The summed E-state index contributed by atoms with van der Waals surface area (Å²) in [5.41, 5.74) is 5.05. The molecule has 2 aromatic rings. The van der Waals surface area contributed by atoms with Crippen LogP contribution in [0.3, 0.4) is 0 Å². The van der Waals surface area contributed by atoms with E-state index in [9.17, 15) is 4.79 Å². The summed E-state index contributed by atoms with van der Waals surface area (Å²) < 4.78 is 0. The lowest BCUT2D eigenvalue weighted by atomic mass is 9.91. The van der Waals surface area contributed by atoms with Crippen molar-refractivity contribution in [3.05, 3.63) is 52.3 Å². The van der Waals surface area contributed by atoms with E-state index in [1.54, 1.807) is 0 Å². The fourth-order valence-electron chi connectivity index (χ4n) is 4.62. The summed E-state index contributed by atoms with van der Waals surface area (Å²) in [5, 5.41) is 13.5. The highest BCUT2D eigenvalue weighted by Crippen LogP contribution is 2.22. The van der Waals surface area contributed by atoms with E-state index in [0.29, 0.717) is 18.8 Å². The van der Waals surface area contributed by atoms with Crippen LogP contribution in [0.5, 0.6) is 0 Å². The summed E-state index contributed by atoms with van der Waals surface area (Å²) in [6.07, 6.45) is 2.23. The van der Waals surface area contributed by atoms with Crippen LogP contribution in [-0.2, 0) is 26.1 Å². The van der Waals surface area contributed by atoms with Gasteiger partial charge in [-0.3, -0.25) is 14.8 Å². The molecule has 2 aliphatic heterocycles. The van der Waals surface area contributed by atoms with E-state index in [4.69, 9.17) is 0 Å². The first-order valence-electron chi connectivity index (χ1n) is 10.4. The minimum absolute atomic E-state index is 0.110. The molecule has 28 heavy (non-hydrogen) atoms. The molecule has 0 aliphatic carbocycles. The highest BCUT2D eigenvalue weighted by Gasteiger charge is 2.22. The Balaban J connectivity index is 1.31. The molecule has 1 amide bonds. The molecule has 2 unspecified atom stereocenters. The van der Waals surface area contributed by atoms with Crippen molar-refractivity contribution in [3.63, 3.8) is 0 Å². The first kappa shape index (κ1) is 19.2. The topological polar surface area (TPSA) is 73.0 Å². The minimum Gasteiger partial charge on any atom is -0.347 e. The highest BCUT2D eigenvalue weighted by atomic mass is 16.1. The first-order valence-corrected chi connectivity index (χ1v) is 10.4. The lowest BCUT2D eigenvalue weighted by molar-refractivity contribution is 0.0944. The number of likely N-dealkylation sites (tertiary alicyclic amines) is 1. The Hall–Kier alpha value is -2.18. The van der Waals surface area contributed by atoms with Crippen molar-refractivity contribution in [2.75, 3.05) is 19.6 Å². The molecule has 1 aromatic heterocycles. The molecule has 1 fully saturated rings. The number of hydrogen-bond donors (Lipinski definition) is 3. The summed E-state index contributed by atoms with van der Waals surface area (Å²) in [6, 6.07) is 8.61. The van der Waals surface area contributed by atoms with Crippen LogP contribution < -0.4 is 10.6 Å². The number of carbonyl (C=O) groups is 1. The molecule has 1 aromatic carbocycles. The van der Waals surface area contributed by atoms with Gasteiger partial charge in [-0.2, -0.15) is 5.10 Å². The zero-order valence-corrected chi connectivity index (χ0v) is 16.9. The predicted molar refractivity (Wildman–Crippen MR) is 110 cm³/mol.